The van der Waals surface area contributed by atoms with Crippen LogP contribution in [0.1, 0.15) is 33.1 Å². The van der Waals surface area contributed by atoms with Crippen LogP contribution in [0.2, 0.25) is 0 Å². The summed E-state index contributed by atoms with van der Waals surface area (Å²) in [5, 5.41) is 0. The Morgan fingerprint density at radius 3 is 2.75 bits per heavy atom. The van der Waals surface area contributed by atoms with E-state index in [1.54, 1.807) is 11.8 Å². The summed E-state index contributed by atoms with van der Waals surface area (Å²) in [6, 6.07) is 0. The van der Waals surface area contributed by atoms with Gasteiger partial charge in [0, 0.05) is 12.2 Å². The number of carbonyl (C=O) groups is 1. The molecule has 0 aromatic rings. The van der Waals surface area contributed by atoms with Crippen LogP contribution in [0.4, 0.5) is 0 Å². The van der Waals surface area contributed by atoms with Gasteiger partial charge in [-0.3, -0.25) is 4.79 Å². The van der Waals surface area contributed by atoms with E-state index in [0.29, 0.717) is 6.42 Å². The van der Waals surface area contributed by atoms with E-state index < -0.39 is 0 Å². The lowest BCUT2D eigenvalue weighted by Gasteiger charge is -1.98. The molecule has 0 heterocycles. The third-order valence-electron chi connectivity index (χ3n) is 1.40. The van der Waals surface area contributed by atoms with Crippen LogP contribution < -0.4 is 5.73 Å². The number of primary amides is 1. The molecule has 12 heavy (non-hydrogen) atoms. The van der Waals surface area contributed by atoms with Crippen LogP contribution in [0, 0.1) is 0 Å². The molecule has 0 aliphatic heterocycles. The second-order valence-corrected chi connectivity index (χ2v) is 4.01. The summed E-state index contributed by atoms with van der Waals surface area (Å²) >= 11 is 1.70. The first-order valence-electron chi connectivity index (χ1n) is 4.24. The molecule has 2 nitrogen and oxygen atoms in total. The first-order chi connectivity index (χ1) is 5.66. The van der Waals surface area contributed by atoms with Crippen LogP contribution in [0.15, 0.2) is 11.0 Å². The molecule has 3 heteroatoms. The number of rotatable bonds is 6. The Bertz CT molecular complexity index is 166. The Labute approximate surface area is 78.6 Å². The fraction of sp³-hybridized carbons (Fsp3) is 0.667. The molecular weight excluding hydrogens is 170 g/mol. The summed E-state index contributed by atoms with van der Waals surface area (Å²) in [5.74, 6) is 0.590. The molecule has 0 aliphatic carbocycles. The minimum Gasteiger partial charge on any atom is -0.370 e. The number of allylic oxidation sites excluding steroid dienone is 2. The van der Waals surface area contributed by atoms with Gasteiger partial charge in [0.05, 0.1) is 0 Å². The highest BCUT2D eigenvalue weighted by molar-refractivity contribution is 8.03. The van der Waals surface area contributed by atoms with Gasteiger partial charge in [-0.15, -0.1) is 11.8 Å². The largest absolute Gasteiger partial charge is 0.370 e. The molecular formula is C9H17NOS. The summed E-state index contributed by atoms with van der Waals surface area (Å²) in [7, 11) is 0. The molecule has 0 radical (unpaired) electrons. The van der Waals surface area contributed by atoms with E-state index in [4.69, 9.17) is 5.73 Å². The quantitative estimate of drug-likeness (QED) is 0.693. The van der Waals surface area contributed by atoms with Crippen molar-refractivity contribution < 1.29 is 4.79 Å². The standard InChI is InChI=1S/C9H17NOS/c1-3-4-5-8(2)12-7-6-9(10)11/h5H,3-4,6-7H2,1-2H3,(H2,10,11)/b8-5-. The van der Waals surface area contributed by atoms with Gasteiger partial charge in [-0.2, -0.15) is 0 Å². The summed E-state index contributed by atoms with van der Waals surface area (Å²) in [4.78, 5) is 11.7. The van der Waals surface area contributed by atoms with Crippen molar-refractivity contribution >= 4 is 17.7 Å². The van der Waals surface area contributed by atoms with Gasteiger partial charge in [0.25, 0.3) is 0 Å². The van der Waals surface area contributed by atoms with Gasteiger partial charge in [-0.05, 0) is 18.2 Å². The van der Waals surface area contributed by atoms with Crippen LogP contribution >= 0.6 is 11.8 Å². The smallest absolute Gasteiger partial charge is 0.218 e. The van der Waals surface area contributed by atoms with E-state index in [1.165, 1.54) is 11.3 Å². The summed E-state index contributed by atoms with van der Waals surface area (Å²) in [6.07, 6.45) is 4.97. The maximum atomic E-state index is 10.4. The molecule has 0 fully saturated rings. The molecule has 70 valence electrons. The Kier molecular flexibility index (Phi) is 6.96. The Morgan fingerprint density at radius 1 is 1.58 bits per heavy atom. The summed E-state index contributed by atoms with van der Waals surface area (Å²) in [6.45, 7) is 4.22. The minimum absolute atomic E-state index is 0.217. The molecule has 2 N–H and O–H groups in total. The second kappa shape index (κ2) is 7.22. The monoisotopic (exact) mass is 187 g/mol. The number of nitrogens with two attached hydrogens (primary N) is 1. The van der Waals surface area contributed by atoms with E-state index in [0.717, 1.165) is 12.2 Å². The van der Waals surface area contributed by atoms with Crippen molar-refractivity contribution in [1.82, 2.24) is 0 Å². The van der Waals surface area contributed by atoms with Crippen molar-refractivity contribution in [3.63, 3.8) is 0 Å². The molecule has 0 saturated heterocycles. The Hall–Kier alpha value is -0.440. The third kappa shape index (κ3) is 7.66. The molecule has 0 rings (SSSR count). The van der Waals surface area contributed by atoms with Crippen LogP contribution in [0.3, 0.4) is 0 Å². The van der Waals surface area contributed by atoms with E-state index in [1.807, 2.05) is 0 Å². The van der Waals surface area contributed by atoms with Crippen LogP contribution in [-0.2, 0) is 4.79 Å². The number of hydrogen-bond donors (Lipinski definition) is 1. The maximum Gasteiger partial charge on any atom is 0.218 e. The lowest BCUT2D eigenvalue weighted by Crippen LogP contribution is -2.10. The van der Waals surface area contributed by atoms with Crippen molar-refractivity contribution in [3.8, 4) is 0 Å². The van der Waals surface area contributed by atoms with E-state index in [9.17, 15) is 4.79 Å². The average molecular weight is 187 g/mol. The van der Waals surface area contributed by atoms with Gasteiger partial charge in [-0.25, -0.2) is 0 Å². The predicted octanol–water partition coefficient (Wildman–Crippen LogP) is 2.30. The molecule has 0 spiro atoms. The van der Waals surface area contributed by atoms with Gasteiger partial charge in [0.1, 0.15) is 0 Å². The number of amides is 1. The number of carbonyl (C=O) groups excluding carboxylic acids is 1. The molecule has 0 unspecified atom stereocenters. The zero-order valence-corrected chi connectivity index (χ0v) is 8.62. The first-order valence-corrected chi connectivity index (χ1v) is 5.23. The molecule has 0 saturated carbocycles. The molecule has 0 aromatic carbocycles. The van der Waals surface area contributed by atoms with Gasteiger partial charge in [0.2, 0.25) is 5.91 Å². The highest BCUT2D eigenvalue weighted by Crippen LogP contribution is 2.16. The Morgan fingerprint density at radius 2 is 2.25 bits per heavy atom. The average Bonchev–Trinajstić information content (AvgIpc) is 2.00. The number of unbranched alkanes of at least 4 members (excludes halogenated alkanes) is 1. The van der Waals surface area contributed by atoms with Crippen molar-refractivity contribution in [1.29, 1.82) is 0 Å². The normalized spacial score (nSPS) is 11.7. The van der Waals surface area contributed by atoms with Crippen LogP contribution in [-0.4, -0.2) is 11.7 Å². The maximum absolute atomic E-state index is 10.4. The zero-order chi connectivity index (χ0) is 9.40. The fourth-order valence-corrected chi connectivity index (χ4v) is 1.58. The summed E-state index contributed by atoms with van der Waals surface area (Å²) < 4.78 is 0. The van der Waals surface area contributed by atoms with E-state index in [2.05, 4.69) is 19.9 Å². The second-order valence-electron chi connectivity index (χ2n) is 2.67. The SMILES string of the molecule is CCC/C=C(/C)SCCC(N)=O. The lowest BCUT2D eigenvalue weighted by atomic mass is 10.3. The number of hydrogen-bond acceptors (Lipinski definition) is 2. The highest BCUT2D eigenvalue weighted by Gasteiger charge is 1.95. The van der Waals surface area contributed by atoms with Crippen LogP contribution in [0.25, 0.3) is 0 Å². The molecule has 0 bridgehead atoms. The predicted molar refractivity (Wildman–Crippen MR) is 54.9 cm³/mol. The van der Waals surface area contributed by atoms with E-state index in [-0.39, 0.29) is 5.91 Å². The highest BCUT2D eigenvalue weighted by atomic mass is 32.2. The van der Waals surface area contributed by atoms with Gasteiger partial charge in [0.15, 0.2) is 0 Å². The van der Waals surface area contributed by atoms with Gasteiger partial charge < -0.3 is 5.73 Å². The number of thioether (sulfide) groups is 1. The first kappa shape index (κ1) is 11.6. The molecule has 1 amide bonds. The van der Waals surface area contributed by atoms with Crippen molar-refractivity contribution in [2.24, 2.45) is 5.73 Å². The zero-order valence-electron chi connectivity index (χ0n) is 7.80. The Balaban J connectivity index is 3.42. The van der Waals surface area contributed by atoms with E-state index >= 15 is 0 Å². The summed E-state index contributed by atoms with van der Waals surface area (Å²) in [5.41, 5.74) is 5.01. The van der Waals surface area contributed by atoms with Gasteiger partial charge in [-0.1, -0.05) is 19.4 Å². The molecule has 0 atom stereocenters. The lowest BCUT2D eigenvalue weighted by molar-refractivity contribution is -0.117. The van der Waals surface area contributed by atoms with Crippen molar-refractivity contribution in [2.75, 3.05) is 5.75 Å². The van der Waals surface area contributed by atoms with Crippen LogP contribution in [0.5, 0.6) is 0 Å². The molecule has 0 aliphatic rings. The molecule has 0 aromatic heterocycles. The fourth-order valence-electron chi connectivity index (χ4n) is 0.719. The third-order valence-corrected chi connectivity index (χ3v) is 2.43. The van der Waals surface area contributed by atoms with Crippen molar-refractivity contribution in [3.05, 3.63) is 11.0 Å². The topological polar surface area (TPSA) is 43.1 Å². The van der Waals surface area contributed by atoms with Crippen molar-refractivity contribution in [2.45, 2.75) is 33.1 Å². The van der Waals surface area contributed by atoms with Gasteiger partial charge >= 0.3 is 0 Å². The minimum atomic E-state index is -0.217.